The monoisotopic (exact) mass is 452 g/mol. The van der Waals surface area contributed by atoms with E-state index in [1.807, 2.05) is 0 Å². The molecule has 4 rings (SSSR count). The molecule has 0 aliphatic heterocycles. The first-order chi connectivity index (χ1) is 15.8. The summed E-state index contributed by atoms with van der Waals surface area (Å²) in [6, 6.07) is 5.24. The number of pyridine rings is 1. The van der Waals surface area contributed by atoms with Crippen molar-refractivity contribution in [1.29, 1.82) is 0 Å². The fourth-order valence-electron chi connectivity index (χ4n) is 3.30. The second-order valence-electron chi connectivity index (χ2n) is 7.19. The number of nitrogens with zero attached hydrogens (tertiary/aromatic N) is 4. The van der Waals surface area contributed by atoms with Crippen molar-refractivity contribution in [1.82, 2.24) is 24.8 Å². The van der Waals surface area contributed by atoms with Crippen LogP contribution in [0.3, 0.4) is 0 Å². The van der Waals surface area contributed by atoms with Crippen molar-refractivity contribution in [3.05, 3.63) is 82.2 Å². The maximum atomic E-state index is 14.1. The highest BCUT2D eigenvalue weighted by Crippen LogP contribution is 2.30. The lowest BCUT2D eigenvalue weighted by Gasteiger charge is -2.17. The third-order valence-electron chi connectivity index (χ3n) is 4.91. The molecule has 1 atom stereocenters. The van der Waals surface area contributed by atoms with Crippen molar-refractivity contribution < 1.29 is 18.0 Å². The van der Waals surface area contributed by atoms with E-state index in [1.54, 1.807) is 7.05 Å². The van der Waals surface area contributed by atoms with E-state index in [0.717, 1.165) is 12.1 Å². The number of nitrogen functional groups attached to an aromatic ring is 1. The number of amides is 1. The Morgan fingerprint density at radius 2 is 1.88 bits per heavy atom. The van der Waals surface area contributed by atoms with E-state index in [4.69, 9.17) is 10.2 Å². The Hall–Kier alpha value is -4.41. The molecule has 4 aromatic rings. The number of hydrogen-bond donors (Lipinski definition) is 2. The Kier molecular flexibility index (Phi) is 5.69. The van der Waals surface area contributed by atoms with Gasteiger partial charge < -0.3 is 20.0 Å². The number of aryl methyl sites for hydroxylation is 1. The van der Waals surface area contributed by atoms with Crippen molar-refractivity contribution in [2.75, 3.05) is 5.73 Å². The summed E-state index contributed by atoms with van der Waals surface area (Å²) in [6.45, 7) is 1.43. The van der Waals surface area contributed by atoms with Crippen LogP contribution in [-0.2, 0) is 7.05 Å². The molecule has 0 aliphatic carbocycles. The van der Waals surface area contributed by atoms with Gasteiger partial charge in [-0.25, -0.2) is 23.7 Å². The molecular formula is C22H18F2N6O3. The van der Waals surface area contributed by atoms with Crippen LogP contribution in [0.4, 0.5) is 14.6 Å². The van der Waals surface area contributed by atoms with Crippen LogP contribution in [0.15, 0.2) is 58.2 Å². The second-order valence-corrected chi connectivity index (χ2v) is 7.19. The van der Waals surface area contributed by atoms with Gasteiger partial charge in [0.05, 0.1) is 12.2 Å². The van der Waals surface area contributed by atoms with Crippen molar-refractivity contribution in [2.45, 2.75) is 13.0 Å². The summed E-state index contributed by atoms with van der Waals surface area (Å²) >= 11 is 0. The van der Waals surface area contributed by atoms with Gasteiger partial charge in [-0.3, -0.25) is 9.59 Å². The number of carbonyl (C=O) groups excluding carboxylic acids is 1. The summed E-state index contributed by atoms with van der Waals surface area (Å²) in [4.78, 5) is 37.4. The molecule has 0 unspecified atom stereocenters. The lowest BCUT2D eigenvalue weighted by Crippen LogP contribution is -2.30. The van der Waals surface area contributed by atoms with Crippen LogP contribution in [0.5, 0.6) is 0 Å². The van der Waals surface area contributed by atoms with Gasteiger partial charge in [0.15, 0.2) is 17.2 Å². The number of rotatable bonds is 5. The SMILES string of the molecule is C[C@H](NC(=O)c1nc(-c2ccc(=O)n(C)c2)c(-c2ncco2)nc1N)c1c(F)cccc1F. The summed E-state index contributed by atoms with van der Waals surface area (Å²) < 4.78 is 34.9. The average Bonchev–Trinajstić information content (AvgIpc) is 3.30. The van der Waals surface area contributed by atoms with Gasteiger partial charge in [0, 0.05) is 30.4 Å². The minimum absolute atomic E-state index is 0.104. The quantitative estimate of drug-likeness (QED) is 0.476. The zero-order valence-corrected chi connectivity index (χ0v) is 17.5. The molecule has 3 aromatic heterocycles. The molecule has 0 spiro atoms. The Balaban J connectivity index is 1.78. The van der Waals surface area contributed by atoms with Gasteiger partial charge >= 0.3 is 0 Å². The zero-order valence-electron chi connectivity index (χ0n) is 17.5. The largest absolute Gasteiger partial charge is 0.443 e. The van der Waals surface area contributed by atoms with Crippen LogP contribution in [-0.4, -0.2) is 25.4 Å². The predicted octanol–water partition coefficient (Wildman–Crippen LogP) is 2.85. The van der Waals surface area contributed by atoms with E-state index in [1.165, 1.54) is 48.3 Å². The summed E-state index contributed by atoms with van der Waals surface area (Å²) in [7, 11) is 1.56. The zero-order chi connectivity index (χ0) is 23.7. The molecule has 0 bridgehead atoms. The maximum Gasteiger partial charge on any atom is 0.274 e. The van der Waals surface area contributed by atoms with Gasteiger partial charge in [0.25, 0.3) is 5.91 Å². The Morgan fingerprint density at radius 1 is 1.15 bits per heavy atom. The number of halogens is 2. The molecule has 33 heavy (non-hydrogen) atoms. The summed E-state index contributed by atoms with van der Waals surface area (Å²) in [5, 5.41) is 2.49. The van der Waals surface area contributed by atoms with Crippen LogP contribution in [0.2, 0.25) is 0 Å². The van der Waals surface area contributed by atoms with Gasteiger partial charge in [0.1, 0.15) is 23.6 Å². The van der Waals surface area contributed by atoms with Crippen molar-refractivity contribution in [2.24, 2.45) is 7.05 Å². The van der Waals surface area contributed by atoms with Crippen LogP contribution in [0.25, 0.3) is 22.8 Å². The number of nitrogens with two attached hydrogens (primary N) is 1. The lowest BCUT2D eigenvalue weighted by molar-refractivity contribution is 0.0934. The number of aromatic nitrogens is 4. The van der Waals surface area contributed by atoms with Crippen molar-refractivity contribution in [3.63, 3.8) is 0 Å². The second kappa shape index (κ2) is 8.61. The van der Waals surface area contributed by atoms with E-state index in [0.29, 0.717) is 5.56 Å². The number of benzene rings is 1. The van der Waals surface area contributed by atoms with Crippen LogP contribution in [0, 0.1) is 11.6 Å². The number of nitrogens with one attached hydrogen (secondary N) is 1. The number of anilines is 1. The van der Waals surface area contributed by atoms with E-state index in [9.17, 15) is 18.4 Å². The molecule has 11 heteroatoms. The highest BCUT2D eigenvalue weighted by Gasteiger charge is 2.25. The molecular weight excluding hydrogens is 434 g/mol. The minimum Gasteiger partial charge on any atom is -0.443 e. The Bertz CT molecular complexity index is 1380. The fourth-order valence-corrected chi connectivity index (χ4v) is 3.30. The summed E-state index contributed by atoms with van der Waals surface area (Å²) in [6.07, 6.45) is 4.25. The van der Waals surface area contributed by atoms with E-state index < -0.39 is 23.6 Å². The lowest BCUT2D eigenvalue weighted by atomic mass is 10.1. The van der Waals surface area contributed by atoms with Gasteiger partial charge in [0.2, 0.25) is 11.4 Å². The molecule has 0 saturated carbocycles. The smallest absolute Gasteiger partial charge is 0.274 e. The molecule has 9 nitrogen and oxygen atoms in total. The highest BCUT2D eigenvalue weighted by atomic mass is 19.1. The molecule has 1 amide bonds. The number of hydrogen-bond acceptors (Lipinski definition) is 7. The Labute approximate surface area is 185 Å². The molecule has 3 N–H and O–H groups in total. The normalized spacial score (nSPS) is 11.9. The third-order valence-corrected chi connectivity index (χ3v) is 4.91. The van der Waals surface area contributed by atoms with Gasteiger partial charge in [-0.2, -0.15) is 0 Å². The third kappa shape index (κ3) is 4.20. The molecule has 0 fully saturated rings. The van der Waals surface area contributed by atoms with Gasteiger partial charge in [-0.05, 0) is 25.1 Å². The first-order valence-electron chi connectivity index (χ1n) is 9.75. The standard InChI is InChI=1S/C22H18F2N6O3/c1-11(16-13(23)4-3-5-14(16)24)27-21(32)19-20(25)29-18(22-26-8-9-33-22)17(28-19)12-6-7-15(31)30(2)10-12/h3-11H,1-2H3,(H2,25,29)(H,27,32)/t11-/m0/s1. The van der Waals surface area contributed by atoms with E-state index >= 15 is 0 Å². The van der Waals surface area contributed by atoms with E-state index in [2.05, 4.69) is 20.3 Å². The predicted molar refractivity (Wildman–Crippen MR) is 115 cm³/mol. The molecule has 3 heterocycles. The number of oxazole rings is 1. The summed E-state index contributed by atoms with van der Waals surface area (Å²) in [5.74, 6) is -2.53. The van der Waals surface area contributed by atoms with Crippen LogP contribution < -0.4 is 16.6 Å². The Morgan fingerprint density at radius 3 is 2.52 bits per heavy atom. The maximum absolute atomic E-state index is 14.1. The topological polar surface area (TPSA) is 129 Å². The first-order valence-corrected chi connectivity index (χ1v) is 9.75. The van der Waals surface area contributed by atoms with E-state index in [-0.39, 0.29) is 39.9 Å². The number of carbonyl (C=O) groups is 1. The van der Waals surface area contributed by atoms with Crippen LogP contribution in [0.1, 0.15) is 29.0 Å². The molecule has 0 radical (unpaired) electrons. The van der Waals surface area contributed by atoms with Gasteiger partial charge in [-0.15, -0.1) is 0 Å². The molecule has 0 saturated heterocycles. The fraction of sp³-hybridized carbons (Fsp3) is 0.136. The average molecular weight is 452 g/mol. The van der Waals surface area contributed by atoms with Crippen molar-refractivity contribution in [3.8, 4) is 22.8 Å². The first kappa shape index (κ1) is 21.8. The minimum atomic E-state index is -1.02. The van der Waals surface area contributed by atoms with Crippen LogP contribution >= 0.6 is 0 Å². The van der Waals surface area contributed by atoms with Crippen molar-refractivity contribution >= 4 is 11.7 Å². The molecule has 168 valence electrons. The van der Waals surface area contributed by atoms with Gasteiger partial charge in [-0.1, -0.05) is 6.07 Å². The molecule has 0 aliphatic rings. The highest BCUT2D eigenvalue weighted by molar-refractivity contribution is 5.98. The summed E-state index contributed by atoms with van der Waals surface area (Å²) in [5.41, 5.74) is 5.96. The molecule has 1 aromatic carbocycles.